The minimum absolute atomic E-state index is 0.372. The fourth-order valence-electron chi connectivity index (χ4n) is 1.71. The lowest BCUT2D eigenvalue weighted by Gasteiger charge is -2.10. The quantitative estimate of drug-likeness (QED) is 0.774. The maximum Gasteiger partial charge on any atom is 0.328 e. The highest BCUT2D eigenvalue weighted by Gasteiger charge is 2.05. The number of benzene rings is 2. The van der Waals surface area contributed by atoms with Crippen molar-refractivity contribution in [1.82, 2.24) is 0 Å². The molecule has 0 aliphatic carbocycles. The Morgan fingerprint density at radius 1 is 1.29 bits per heavy atom. The number of ether oxygens (including phenoxy) is 1. The van der Waals surface area contributed by atoms with Crippen molar-refractivity contribution >= 4 is 39.6 Å². The molecule has 21 heavy (non-hydrogen) atoms. The molecule has 0 spiro atoms. The van der Waals surface area contributed by atoms with Crippen molar-refractivity contribution < 1.29 is 14.6 Å². The average molecular weight is 368 g/mol. The summed E-state index contributed by atoms with van der Waals surface area (Å²) in [5.41, 5.74) is 1.62. The van der Waals surface area contributed by atoms with Crippen molar-refractivity contribution in [3.05, 3.63) is 69.2 Å². The smallest absolute Gasteiger partial charge is 0.328 e. The van der Waals surface area contributed by atoms with Crippen molar-refractivity contribution in [2.75, 3.05) is 0 Å². The van der Waals surface area contributed by atoms with E-state index in [0.717, 1.165) is 16.1 Å². The van der Waals surface area contributed by atoms with Crippen molar-refractivity contribution in [1.29, 1.82) is 0 Å². The maximum atomic E-state index is 10.6. The van der Waals surface area contributed by atoms with Crippen LogP contribution in [0.25, 0.3) is 6.08 Å². The second-order valence-corrected chi connectivity index (χ2v) is 5.52. The molecule has 0 fully saturated rings. The van der Waals surface area contributed by atoms with E-state index in [1.165, 1.54) is 6.08 Å². The van der Waals surface area contributed by atoms with Gasteiger partial charge in [-0.2, -0.15) is 0 Å². The molecule has 108 valence electrons. The van der Waals surface area contributed by atoms with Gasteiger partial charge in [-0.3, -0.25) is 0 Å². The van der Waals surface area contributed by atoms with E-state index in [0.29, 0.717) is 22.9 Å². The first kappa shape index (κ1) is 15.6. The van der Waals surface area contributed by atoms with E-state index in [4.69, 9.17) is 21.4 Å². The topological polar surface area (TPSA) is 46.5 Å². The van der Waals surface area contributed by atoms with Gasteiger partial charge in [-0.25, -0.2) is 4.79 Å². The zero-order valence-corrected chi connectivity index (χ0v) is 13.3. The zero-order chi connectivity index (χ0) is 15.2. The van der Waals surface area contributed by atoms with Crippen LogP contribution in [0.15, 0.2) is 53.0 Å². The van der Waals surface area contributed by atoms with Gasteiger partial charge in [0, 0.05) is 26.7 Å². The van der Waals surface area contributed by atoms with E-state index in [-0.39, 0.29) is 0 Å². The third-order valence-electron chi connectivity index (χ3n) is 2.72. The first-order valence-electron chi connectivity index (χ1n) is 6.13. The van der Waals surface area contributed by atoms with E-state index in [1.54, 1.807) is 18.2 Å². The molecule has 0 aliphatic heterocycles. The predicted molar refractivity (Wildman–Crippen MR) is 86.6 cm³/mol. The molecular formula is C16H12BrClO3. The van der Waals surface area contributed by atoms with Gasteiger partial charge < -0.3 is 9.84 Å². The summed E-state index contributed by atoms with van der Waals surface area (Å²) in [5, 5.41) is 9.23. The molecule has 0 amide bonds. The van der Waals surface area contributed by atoms with Crippen LogP contribution in [0.3, 0.4) is 0 Å². The van der Waals surface area contributed by atoms with Gasteiger partial charge in [0.25, 0.3) is 0 Å². The van der Waals surface area contributed by atoms with Crippen LogP contribution in [0.4, 0.5) is 0 Å². The largest absolute Gasteiger partial charge is 0.488 e. The Kier molecular flexibility index (Phi) is 5.42. The normalized spacial score (nSPS) is 10.8. The van der Waals surface area contributed by atoms with Crippen LogP contribution < -0.4 is 4.74 Å². The van der Waals surface area contributed by atoms with Crippen molar-refractivity contribution in [2.45, 2.75) is 6.61 Å². The molecule has 0 saturated heterocycles. The molecule has 0 atom stereocenters. The van der Waals surface area contributed by atoms with Crippen LogP contribution in [0.2, 0.25) is 5.02 Å². The number of aliphatic carboxylic acids is 1. The number of carbonyl (C=O) groups is 1. The Bertz CT molecular complexity index is 683. The second kappa shape index (κ2) is 7.29. The SMILES string of the molecule is O=C(O)/C=C/c1cc(Cl)ccc1OCc1ccccc1Br. The Morgan fingerprint density at radius 2 is 2.05 bits per heavy atom. The van der Waals surface area contributed by atoms with Crippen LogP contribution in [-0.4, -0.2) is 11.1 Å². The van der Waals surface area contributed by atoms with E-state index < -0.39 is 5.97 Å². The van der Waals surface area contributed by atoms with Gasteiger partial charge in [-0.15, -0.1) is 0 Å². The first-order valence-corrected chi connectivity index (χ1v) is 7.30. The maximum absolute atomic E-state index is 10.6. The average Bonchev–Trinajstić information content (AvgIpc) is 2.45. The first-order chi connectivity index (χ1) is 10.1. The predicted octanol–water partition coefficient (Wildman–Crippen LogP) is 4.78. The summed E-state index contributed by atoms with van der Waals surface area (Å²) >= 11 is 9.39. The van der Waals surface area contributed by atoms with E-state index in [1.807, 2.05) is 24.3 Å². The molecule has 5 heteroatoms. The minimum atomic E-state index is -1.02. The molecule has 2 aromatic carbocycles. The molecule has 0 radical (unpaired) electrons. The molecular weight excluding hydrogens is 356 g/mol. The number of hydrogen-bond donors (Lipinski definition) is 1. The van der Waals surface area contributed by atoms with Crippen LogP contribution in [0, 0.1) is 0 Å². The molecule has 2 aromatic rings. The van der Waals surface area contributed by atoms with Crippen molar-refractivity contribution in [3.63, 3.8) is 0 Å². The Labute approximate surface area is 135 Å². The third-order valence-corrected chi connectivity index (χ3v) is 3.73. The highest BCUT2D eigenvalue weighted by Crippen LogP contribution is 2.26. The fourth-order valence-corrected chi connectivity index (χ4v) is 2.29. The number of rotatable bonds is 5. The standard InChI is InChI=1S/C16H12BrClO3/c17-14-4-2-1-3-12(14)10-21-15-7-6-13(18)9-11(15)5-8-16(19)20/h1-9H,10H2,(H,19,20)/b8-5+. The lowest BCUT2D eigenvalue weighted by molar-refractivity contribution is -0.131. The highest BCUT2D eigenvalue weighted by atomic mass is 79.9. The monoisotopic (exact) mass is 366 g/mol. The molecule has 3 nitrogen and oxygen atoms in total. The summed E-state index contributed by atoms with van der Waals surface area (Å²) in [6, 6.07) is 12.8. The highest BCUT2D eigenvalue weighted by molar-refractivity contribution is 9.10. The second-order valence-electron chi connectivity index (χ2n) is 4.23. The van der Waals surface area contributed by atoms with E-state index >= 15 is 0 Å². The zero-order valence-electron chi connectivity index (χ0n) is 10.9. The van der Waals surface area contributed by atoms with Crippen LogP contribution in [0.5, 0.6) is 5.75 Å². The summed E-state index contributed by atoms with van der Waals surface area (Å²) in [5.74, 6) is -0.445. The minimum Gasteiger partial charge on any atom is -0.488 e. The molecule has 0 aliphatic rings. The molecule has 1 N–H and O–H groups in total. The molecule has 2 rings (SSSR count). The van der Waals surface area contributed by atoms with Gasteiger partial charge in [-0.1, -0.05) is 45.7 Å². The number of hydrogen-bond acceptors (Lipinski definition) is 2. The Hall–Kier alpha value is -1.78. The lowest BCUT2D eigenvalue weighted by Crippen LogP contribution is -1.98. The summed E-state index contributed by atoms with van der Waals surface area (Å²) in [6.07, 6.45) is 2.51. The summed E-state index contributed by atoms with van der Waals surface area (Å²) in [7, 11) is 0. The van der Waals surface area contributed by atoms with Crippen molar-refractivity contribution in [2.24, 2.45) is 0 Å². The number of carboxylic acid groups (broad SMARTS) is 1. The van der Waals surface area contributed by atoms with Gasteiger partial charge in [0.05, 0.1) is 0 Å². The molecule has 0 unspecified atom stereocenters. The molecule has 0 saturated carbocycles. The van der Waals surface area contributed by atoms with Gasteiger partial charge in [-0.05, 0) is 30.3 Å². The van der Waals surface area contributed by atoms with E-state index in [9.17, 15) is 4.79 Å². The van der Waals surface area contributed by atoms with Gasteiger partial charge in [0.2, 0.25) is 0 Å². The lowest BCUT2D eigenvalue weighted by atomic mass is 10.2. The van der Waals surface area contributed by atoms with Crippen LogP contribution >= 0.6 is 27.5 Å². The Balaban J connectivity index is 2.20. The van der Waals surface area contributed by atoms with E-state index in [2.05, 4.69) is 15.9 Å². The van der Waals surface area contributed by atoms with Gasteiger partial charge >= 0.3 is 5.97 Å². The van der Waals surface area contributed by atoms with Gasteiger partial charge in [0.1, 0.15) is 12.4 Å². The molecule has 0 aromatic heterocycles. The van der Waals surface area contributed by atoms with Crippen LogP contribution in [0.1, 0.15) is 11.1 Å². The summed E-state index contributed by atoms with van der Waals surface area (Å²) in [4.78, 5) is 10.6. The number of halogens is 2. The summed E-state index contributed by atoms with van der Waals surface area (Å²) in [6.45, 7) is 0.372. The number of carboxylic acids is 1. The molecule has 0 bridgehead atoms. The molecule has 0 heterocycles. The van der Waals surface area contributed by atoms with Crippen molar-refractivity contribution in [3.8, 4) is 5.75 Å². The van der Waals surface area contributed by atoms with Crippen LogP contribution in [-0.2, 0) is 11.4 Å². The van der Waals surface area contributed by atoms with Gasteiger partial charge in [0.15, 0.2) is 0 Å². The summed E-state index contributed by atoms with van der Waals surface area (Å²) < 4.78 is 6.72. The third kappa shape index (κ3) is 4.62. The fraction of sp³-hybridized carbons (Fsp3) is 0.0625. The Morgan fingerprint density at radius 3 is 2.76 bits per heavy atom.